The highest BCUT2D eigenvalue weighted by Crippen LogP contribution is 2.75. The largest absolute Gasteiger partial charge is 0.460 e. The first-order chi connectivity index (χ1) is 27.1. The van der Waals surface area contributed by atoms with E-state index >= 15 is 0 Å². The summed E-state index contributed by atoms with van der Waals surface area (Å²) in [6.07, 6.45) is 17.2. The van der Waals surface area contributed by atoms with Crippen LogP contribution in [-0.2, 0) is 19.1 Å². The predicted molar refractivity (Wildman–Crippen MR) is 227 cm³/mol. The number of amides is 2. The van der Waals surface area contributed by atoms with Crippen molar-refractivity contribution in [2.45, 2.75) is 132 Å². The van der Waals surface area contributed by atoms with Crippen molar-refractivity contribution in [2.75, 3.05) is 47.4 Å². The van der Waals surface area contributed by atoms with Gasteiger partial charge >= 0.3 is 11.9 Å². The SMILES string of the molecule is C#C[C@]1(C)CC[C@]2(C(=O)NCCC[N+](C)(C)C)CC[C@]3(C)C(=C2C1)CC[C@@H]1[C@@]2(C)CC[C@H](OC(=O)c4ccccc4C(=O)OCCNC(C)=O)C(C)(C)[C@@H]2CC[C@]13C. The van der Waals surface area contributed by atoms with Gasteiger partial charge in [0.1, 0.15) is 12.7 Å². The van der Waals surface area contributed by atoms with E-state index in [2.05, 4.69) is 79.2 Å². The Hall–Kier alpha value is -3.64. The molecule has 5 aliphatic rings. The van der Waals surface area contributed by atoms with Crippen LogP contribution in [0.15, 0.2) is 35.4 Å². The molecule has 6 rings (SSSR count). The van der Waals surface area contributed by atoms with Gasteiger partial charge in [-0.2, -0.15) is 0 Å². The van der Waals surface area contributed by atoms with Gasteiger partial charge in [0.2, 0.25) is 11.8 Å². The smallest absolute Gasteiger partial charge is 0.339 e. The lowest BCUT2D eigenvalue weighted by atomic mass is 9.34. The first-order valence-electron chi connectivity index (χ1n) is 22.1. The molecule has 0 radical (unpaired) electrons. The first kappa shape index (κ1) is 43.9. The molecule has 5 aliphatic carbocycles. The van der Waals surface area contributed by atoms with E-state index in [9.17, 15) is 19.2 Å². The van der Waals surface area contributed by atoms with Crippen molar-refractivity contribution in [2.24, 2.45) is 44.3 Å². The molecule has 1 aromatic rings. The summed E-state index contributed by atoms with van der Waals surface area (Å²) in [6.45, 7) is 17.8. The van der Waals surface area contributed by atoms with E-state index in [1.807, 2.05) is 0 Å². The van der Waals surface area contributed by atoms with Crippen molar-refractivity contribution >= 4 is 23.8 Å². The van der Waals surface area contributed by atoms with E-state index < -0.39 is 17.4 Å². The van der Waals surface area contributed by atoms with Crippen molar-refractivity contribution in [3.63, 3.8) is 0 Å². The molecule has 0 aliphatic heterocycles. The molecule has 0 unspecified atom stereocenters. The molecule has 9 nitrogen and oxygen atoms in total. The Labute approximate surface area is 348 Å². The third-order valence-corrected chi connectivity index (χ3v) is 16.7. The molecule has 9 heteroatoms. The van der Waals surface area contributed by atoms with Crippen molar-refractivity contribution in [1.29, 1.82) is 0 Å². The topological polar surface area (TPSA) is 111 Å². The molecule has 4 saturated carbocycles. The zero-order valence-electron chi connectivity index (χ0n) is 37.3. The minimum absolute atomic E-state index is 0.00725. The molecule has 0 heterocycles. The fourth-order valence-electron chi connectivity index (χ4n) is 13.2. The van der Waals surface area contributed by atoms with Crippen molar-refractivity contribution < 1.29 is 33.1 Å². The van der Waals surface area contributed by atoms with Gasteiger partial charge in [-0.25, -0.2) is 9.59 Å². The minimum atomic E-state index is -0.617. The standard InChI is InChI=1S/C49H71N3O6/c1-12-45(5)24-26-49(43(56)51-28-15-30-52(9,10)11)27-25-47(7)36(37(49)32-45)18-19-39-46(6)22-21-40(44(3,4)38(46)20-23-48(39,47)8)58-42(55)35-17-14-13-16-34(35)41(54)57-31-29-50-33(2)53/h1,13-14,16-17,38-40H,15,18-32H2,2-11H3,(H-,50,51,53,56)/p+1/t38-,39+,40-,45+,46-,47+,48+,49-/m0/s1. The van der Waals surface area contributed by atoms with Gasteiger partial charge in [0.25, 0.3) is 0 Å². The van der Waals surface area contributed by atoms with Crippen molar-refractivity contribution in [3.05, 3.63) is 46.5 Å². The van der Waals surface area contributed by atoms with Crippen LogP contribution in [0.2, 0.25) is 0 Å². The number of fused-ring (bicyclic) bond motifs is 6. The van der Waals surface area contributed by atoms with E-state index in [4.69, 9.17) is 15.9 Å². The number of carbonyl (C=O) groups is 4. The fraction of sp³-hybridized carbons (Fsp3) is 0.714. The molecule has 2 N–H and O–H groups in total. The zero-order valence-corrected chi connectivity index (χ0v) is 37.3. The third kappa shape index (κ3) is 7.65. The lowest BCUT2D eigenvalue weighted by molar-refractivity contribution is -0.870. The lowest BCUT2D eigenvalue weighted by Gasteiger charge is -2.71. The Morgan fingerprint density at radius 2 is 1.48 bits per heavy atom. The fourth-order valence-corrected chi connectivity index (χ4v) is 13.2. The van der Waals surface area contributed by atoms with E-state index in [0.29, 0.717) is 18.4 Å². The number of hydrogen-bond donors (Lipinski definition) is 2. The molecule has 0 bridgehead atoms. The van der Waals surface area contributed by atoms with Crippen LogP contribution in [0.5, 0.6) is 0 Å². The molecular formula is C49H72N3O6+. The molecule has 8 atom stereocenters. The maximum absolute atomic E-state index is 14.5. The Morgan fingerprint density at radius 1 is 0.810 bits per heavy atom. The van der Waals surface area contributed by atoms with E-state index in [0.717, 1.165) is 88.1 Å². The number of carbonyl (C=O) groups excluding carboxylic acids is 4. The normalized spacial score (nSPS) is 35.2. The molecular weight excluding hydrogens is 727 g/mol. The van der Waals surface area contributed by atoms with Gasteiger partial charge in [0.05, 0.1) is 50.8 Å². The summed E-state index contributed by atoms with van der Waals surface area (Å²) in [7, 11) is 6.59. The third-order valence-electron chi connectivity index (χ3n) is 16.7. The van der Waals surface area contributed by atoms with Crippen LogP contribution in [0.25, 0.3) is 0 Å². The van der Waals surface area contributed by atoms with Gasteiger partial charge in [-0.1, -0.05) is 63.8 Å². The minimum Gasteiger partial charge on any atom is -0.460 e. The quantitative estimate of drug-likeness (QED) is 0.0767. The first-order valence-corrected chi connectivity index (χ1v) is 22.1. The highest BCUT2D eigenvalue weighted by molar-refractivity contribution is 6.03. The van der Waals surface area contributed by atoms with Crippen LogP contribution in [0.1, 0.15) is 146 Å². The van der Waals surface area contributed by atoms with Crippen molar-refractivity contribution in [3.8, 4) is 12.3 Å². The summed E-state index contributed by atoms with van der Waals surface area (Å²) in [5.41, 5.74) is 2.32. The summed E-state index contributed by atoms with van der Waals surface area (Å²) in [4.78, 5) is 52.7. The Balaban J connectivity index is 1.23. The average Bonchev–Trinajstić information content (AvgIpc) is 3.16. The summed E-state index contributed by atoms with van der Waals surface area (Å²) in [5, 5.41) is 6.05. The summed E-state index contributed by atoms with van der Waals surface area (Å²) in [6, 6.07) is 6.66. The number of nitrogens with one attached hydrogen (secondary N) is 2. The molecule has 0 spiro atoms. The zero-order chi connectivity index (χ0) is 42.5. The van der Waals surface area contributed by atoms with Crippen LogP contribution in [-0.4, -0.2) is 81.7 Å². The molecule has 0 saturated heterocycles. The summed E-state index contributed by atoms with van der Waals surface area (Å²) in [5.74, 6) is 2.89. The van der Waals surface area contributed by atoms with Crippen LogP contribution < -0.4 is 10.6 Å². The van der Waals surface area contributed by atoms with E-state index in [1.165, 1.54) is 18.1 Å². The Kier molecular flexibility index (Phi) is 11.9. The lowest BCUT2D eigenvalue weighted by Crippen LogP contribution is -2.64. The molecule has 318 valence electrons. The number of terminal acetylenes is 1. The second-order valence-corrected chi connectivity index (χ2v) is 21.4. The van der Waals surface area contributed by atoms with Gasteiger partial charge in [0, 0.05) is 30.7 Å². The number of rotatable bonds is 11. The van der Waals surface area contributed by atoms with E-state index in [1.54, 1.807) is 24.3 Å². The van der Waals surface area contributed by atoms with E-state index in [-0.39, 0.29) is 69.3 Å². The number of esters is 2. The molecule has 2 amide bonds. The highest BCUT2D eigenvalue weighted by atomic mass is 16.5. The average molecular weight is 799 g/mol. The van der Waals surface area contributed by atoms with Gasteiger partial charge in [-0.15, -0.1) is 6.42 Å². The second kappa shape index (κ2) is 15.8. The number of hydrogen-bond acceptors (Lipinski definition) is 6. The van der Waals surface area contributed by atoms with Gasteiger partial charge in [0.15, 0.2) is 0 Å². The van der Waals surface area contributed by atoms with Crippen LogP contribution in [0.3, 0.4) is 0 Å². The predicted octanol–water partition coefficient (Wildman–Crippen LogP) is 8.28. The van der Waals surface area contributed by atoms with Gasteiger partial charge < -0.3 is 24.6 Å². The number of benzene rings is 1. The molecule has 0 aromatic heterocycles. The van der Waals surface area contributed by atoms with Gasteiger partial charge in [-0.05, 0) is 118 Å². The maximum Gasteiger partial charge on any atom is 0.339 e. The number of quaternary nitrogens is 1. The highest BCUT2D eigenvalue weighted by Gasteiger charge is 2.68. The van der Waals surface area contributed by atoms with Crippen LogP contribution >= 0.6 is 0 Å². The number of nitrogens with zero attached hydrogens (tertiary/aromatic N) is 1. The Morgan fingerprint density at radius 3 is 2.14 bits per heavy atom. The van der Waals surface area contributed by atoms with Crippen LogP contribution in [0.4, 0.5) is 0 Å². The summed E-state index contributed by atoms with van der Waals surface area (Å²) < 4.78 is 12.7. The van der Waals surface area contributed by atoms with Crippen molar-refractivity contribution in [1.82, 2.24) is 10.6 Å². The van der Waals surface area contributed by atoms with Crippen LogP contribution in [0, 0.1) is 56.7 Å². The second-order valence-electron chi connectivity index (χ2n) is 21.4. The molecule has 1 aromatic carbocycles. The maximum atomic E-state index is 14.5. The Bertz CT molecular complexity index is 1870. The molecule has 58 heavy (non-hydrogen) atoms. The molecule has 4 fully saturated rings. The van der Waals surface area contributed by atoms with Gasteiger partial charge in [-0.3, -0.25) is 9.59 Å². The number of allylic oxidation sites excluding steroid dienone is 1. The summed E-state index contributed by atoms with van der Waals surface area (Å²) >= 11 is 0. The number of ether oxygens (including phenoxy) is 2. The monoisotopic (exact) mass is 799 g/mol.